The fraction of sp³-hybridized carbons (Fsp3) is 0.148. The largest absolute Gasteiger partial charge is 0.494 e. The van der Waals surface area contributed by atoms with Crippen LogP contribution >= 0.6 is 23.2 Å². The zero-order valence-electron chi connectivity index (χ0n) is 19.6. The van der Waals surface area contributed by atoms with Crippen molar-refractivity contribution in [1.29, 1.82) is 0 Å². The van der Waals surface area contributed by atoms with Gasteiger partial charge >= 0.3 is 0 Å². The first-order valence-corrected chi connectivity index (χ1v) is 12.0. The van der Waals surface area contributed by atoms with Crippen molar-refractivity contribution < 1.29 is 19.1 Å². The molecule has 0 saturated heterocycles. The van der Waals surface area contributed by atoms with Crippen molar-refractivity contribution in [2.45, 2.75) is 20.3 Å². The van der Waals surface area contributed by atoms with E-state index in [2.05, 4.69) is 10.6 Å². The van der Waals surface area contributed by atoms with E-state index in [1.54, 1.807) is 60.7 Å². The lowest BCUT2D eigenvalue weighted by Gasteiger charge is -2.15. The van der Waals surface area contributed by atoms with E-state index in [0.717, 1.165) is 16.0 Å². The lowest BCUT2D eigenvalue weighted by Crippen LogP contribution is -2.32. The minimum absolute atomic E-state index is 0.0162. The SMILES string of the molecule is CCOc1ccc(N2C(=O)C(Cl)=C(Nc3ccc(CC(=O)Nc4cc(Cl)ccc4C)cc3)C2=O)cc1. The van der Waals surface area contributed by atoms with Crippen molar-refractivity contribution >= 4 is 58.0 Å². The second-order valence-electron chi connectivity index (χ2n) is 8.07. The molecule has 2 N–H and O–H groups in total. The first-order chi connectivity index (χ1) is 17.3. The Bertz CT molecular complexity index is 1350. The molecule has 3 aromatic rings. The highest BCUT2D eigenvalue weighted by molar-refractivity contribution is 6.53. The summed E-state index contributed by atoms with van der Waals surface area (Å²) in [4.78, 5) is 39.2. The third-order valence-corrected chi connectivity index (χ3v) is 6.08. The van der Waals surface area contributed by atoms with E-state index >= 15 is 0 Å². The van der Waals surface area contributed by atoms with Crippen LogP contribution in [0.5, 0.6) is 5.75 Å². The Morgan fingerprint density at radius 1 is 0.944 bits per heavy atom. The van der Waals surface area contributed by atoms with Gasteiger partial charge in [0.25, 0.3) is 11.8 Å². The van der Waals surface area contributed by atoms with Gasteiger partial charge in [-0.1, -0.05) is 41.4 Å². The van der Waals surface area contributed by atoms with Crippen LogP contribution in [-0.2, 0) is 20.8 Å². The normalized spacial score (nSPS) is 13.3. The molecule has 0 spiro atoms. The average Bonchev–Trinajstić information content (AvgIpc) is 3.06. The molecule has 4 rings (SSSR count). The van der Waals surface area contributed by atoms with Crippen molar-refractivity contribution in [3.63, 3.8) is 0 Å². The van der Waals surface area contributed by atoms with Crippen LogP contribution in [-0.4, -0.2) is 24.3 Å². The Balaban J connectivity index is 1.41. The molecule has 1 aliphatic rings. The number of imide groups is 1. The van der Waals surface area contributed by atoms with Gasteiger partial charge in [-0.2, -0.15) is 0 Å². The van der Waals surface area contributed by atoms with Gasteiger partial charge in [-0.15, -0.1) is 0 Å². The van der Waals surface area contributed by atoms with Crippen LogP contribution in [0.25, 0.3) is 0 Å². The van der Waals surface area contributed by atoms with E-state index in [4.69, 9.17) is 27.9 Å². The quantitative estimate of drug-likeness (QED) is 0.371. The number of benzene rings is 3. The van der Waals surface area contributed by atoms with E-state index in [-0.39, 0.29) is 23.1 Å². The fourth-order valence-electron chi connectivity index (χ4n) is 3.66. The number of nitrogens with one attached hydrogen (secondary N) is 2. The molecule has 3 aromatic carbocycles. The maximum atomic E-state index is 13.0. The van der Waals surface area contributed by atoms with Crippen LogP contribution in [0.3, 0.4) is 0 Å². The highest BCUT2D eigenvalue weighted by atomic mass is 35.5. The third-order valence-electron chi connectivity index (χ3n) is 5.49. The fourth-order valence-corrected chi connectivity index (χ4v) is 4.05. The summed E-state index contributed by atoms with van der Waals surface area (Å²) in [5.74, 6) is -0.726. The van der Waals surface area contributed by atoms with Gasteiger partial charge in [0.15, 0.2) is 0 Å². The Morgan fingerprint density at radius 3 is 2.31 bits per heavy atom. The molecule has 9 heteroatoms. The second-order valence-corrected chi connectivity index (χ2v) is 8.88. The Labute approximate surface area is 218 Å². The van der Waals surface area contributed by atoms with Crippen molar-refractivity contribution in [3.8, 4) is 5.75 Å². The maximum absolute atomic E-state index is 13.0. The molecule has 184 valence electrons. The smallest absolute Gasteiger partial charge is 0.283 e. The molecule has 36 heavy (non-hydrogen) atoms. The molecule has 1 aliphatic heterocycles. The first-order valence-electron chi connectivity index (χ1n) is 11.2. The number of nitrogens with zero attached hydrogens (tertiary/aromatic N) is 1. The third kappa shape index (κ3) is 5.53. The van der Waals surface area contributed by atoms with Gasteiger partial charge < -0.3 is 15.4 Å². The number of halogens is 2. The van der Waals surface area contributed by atoms with Gasteiger partial charge in [-0.05, 0) is 73.5 Å². The van der Waals surface area contributed by atoms with Crippen molar-refractivity contribution in [2.75, 3.05) is 22.1 Å². The van der Waals surface area contributed by atoms with E-state index in [9.17, 15) is 14.4 Å². The van der Waals surface area contributed by atoms with Gasteiger partial charge in [-0.3, -0.25) is 14.4 Å². The zero-order valence-corrected chi connectivity index (χ0v) is 21.1. The molecule has 0 bridgehead atoms. The predicted molar refractivity (Wildman–Crippen MR) is 142 cm³/mol. The molecule has 0 radical (unpaired) electrons. The minimum atomic E-state index is -0.613. The van der Waals surface area contributed by atoms with Crippen molar-refractivity contribution in [1.82, 2.24) is 0 Å². The van der Waals surface area contributed by atoms with E-state index in [1.165, 1.54) is 0 Å². The van der Waals surface area contributed by atoms with Gasteiger partial charge in [0, 0.05) is 16.4 Å². The van der Waals surface area contributed by atoms with Gasteiger partial charge in [-0.25, -0.2) is 4.90 Å². The van der Waals surface area contributed by atoms with Crippen LogP contribution in [0, 0.1) is 6.92 Å². The zero-order chi connectivity index (χ0) is 25.8. The van der Waals surface area contributed by atoms with Crippen LogP contribution < -0.4 is 20.3 Å². The Kier molecular flexibility index (Phi) is 7.62. The summed E-state index contributed by atoms with van der Waals surface area (Å²) in [6.45, 7) is 4.26. The molecular formula is C27H23Cl2N3O4. The summed E-state index contributed by atoms with van der Waals surface area (Å²) in [6, 6.07) is 18.8. The number of anilines is 3. The maximum Gasteiger partial charge on any atom is 0.283 e. The lowest BCUT2D eigenvalue weighted by atomic mass is 10.1. The summed E-state index contributed by atoms with van der Waals surface area (Å²) in [5.41, 5.74) is 3.26. The number of ether oxygens (including phenoxy) is 1. The first kappa shape index (κ1) is 25.3. The van der Waals surface area contributed by atoms with E-state index < -0.39 is 11.8 Å². The molecule has 3 amide bonds. The van der Waals surface area contributed by atoms with Crippen LogP contribution in [0.1, 0.15) is 18.1 Å². The van der Waals surface area contributed by atoms with E-state index in [1.807, 2.05) is 19.9 Å². The summed E-state index contributed by atoms with van der Waals surface area (Å²) in [6.07, 6.45) is 0.151. The molecule has 7 nitrogen and oxygen atoms in total. The number of rotatable bonds is 8. The van der Waals surface area contributed by atoms with Gasteiger partial charge in [0.2, 0.25) is 5.91 Å². The molecule has 0 atom stereocenters. The highest BCUT2D eigenvalue weighted by Crippen LogP contribution is 2.31. The van der Waals surface area contributed by atoms with Crippen molar-refractivity contribution in [3.05, 3.63) is 93.6 Å². The van der Waals surface area contributed by atoms with Gasteiger partial charge in [0.1, 0.15) is 16.5 Å². The number of hydrogen-bond acceptors (Lipinski definition) is 5. The standard InChI is InChI=1S/C27H23Cl2N3O4/c1-3-36-21-12-10-20(11-13-21)32-26(34)24(29)25(27(32)35)30-19-8-5-17(6-9-19)14-23(33)31-22-15-18(28)7-4-16(22)2/h4-13,15,30H,3,14H2,1-2H3,(H,31,33). The number of hydrogen-bond donors (Lipinski definition) is 2. The molecule has 0 fully saturated rings. The predicted octanol–water partition coefficient (Wildman–Crippen LogP) is 5.66. The van der Waals surface area contributed by atoms with Gasteiger partial charge in [0.05, 0.1) is 18.7 Å². The monoisotopic (exact) mass is 523 g/mol. The summed E-state index contributed by atoms with van der Waals surface area (Å²) in [7, 11) is 0. The Morgan fingerprint density at radius 2 is 1.64 bits per heavy atom. The number of carbonyl (C=O) groups is 3. The topological polar surface area (TPSA) is 87.7 Å². The van der Waals surface area contributed by atoms with Crippen LogP contribution in [0.4, 0.5) is 17.1 Å². The molecule has 0 saturated carbocycles. The molecule has 0 aromatic heterocycles. The summed E-state index contributed by atoms with van der Waals surface area (Å²) >= 11 is 12.2. The molecule has 0 unspecified atom stereocenters. The minimum Gasteiger partial charge on any atom is -0.494 e. The van der Waals surface area contributed by atoms with Crippen LogP contribution in [0.15, 0.2) is 77.5 Å². The molecule has 1 heterocycles. The number of carbonyl (C=O) groups excluding carboxylic acids is 3. The lowest BCUT2D eigenvalue weighted by molar-refractivity contribution is -0.120. The summed E-state index contributed by atoms with van der Waals surface area (Å²) < 4.78 is 5.40. The number of aryl methyl sites for hydroxylation is 1. The van der Waals surface area contributed by atoms with Crippen molar-refractivity contribution in [2.24, 2.45) is 0 Å². The summed E-state index contributed by atoms with van der Waals surface area (Å²) in [5, 5.41) is 6.13. The Hall–Kier alpha value is -3.81. The average molecular weight is 524 g/mol. The second kappa shape index (κ2) is 10.8. The van der Waals surface area contributed by atoms with Crippen LogP contribution in [0.2, 0.25) is 5.02 Å². The molecule has 0 aliphatic carbocycles. The number of amides is 3. The molecular weight excluding hydrogens is 501 g/mol. The highest BCUT2D eigenvalue weighted by Gasteiger charge is 2.38. The van der Waals surface area contributed by atoms with E-state index in [0.29, 0.717) is 34.4 Å².